The number of hydrogen-bond donors (Lipinski definition) is 0. The number of carbonyl (C=O) groups excluding carboxylic acids is 2. The van der Waals surface area contributed by atoms with Crippen LogP contribution in [0.1, 0.15) is 17.3 Å². The Labute approximate surface area is 130 Å². The first-order chi connectivity index (χ1) is 10.6. The van der Waals surface area contributed by atoms with Crippen molar-refractivity contribution in [2.75, 3.05) is 45.4 Å². The molecular weight excluding hydrogens is 284 g/mol. The number of carbonyl (C=O) groups is 2. The number of methoxy groups -OCH3 is 2. The fraction of sp³-hybridized carbons (Fsp3) is 0.500. The largest absolute Gasteiger partial charge is 0.465 e. The summed E-state index contributed by atoms with van der Waals surface area (Å²) in [5.74, 6) is -0.314. The summed E-state index contributed by atoms with van der Waals surface area (Å²) in [6.45, 7) is 4.34. The van der Waals surface area contributed by atoms with E-state index in [1.807, 2.05) is 24.0 Å². The number of anilines is 1. The van der Waals surface area contributed by atoms with Crippen molar-refractivity contribution < 1.29 is 19.1 Å². The first-order valence-corrected chi connectivity index (χ1v) is 7.28. The van der Waals surface area contributed by atoms with Gasteiger partial charge in [0.25, 0.3) is 0 Å². The van der Waals surface area contributed by atoms with Crippen LogP contribution >= 0.6 is 0 Å². The molecule has 120 valence electrons. The molecule has 0 N–H and O–H groups in total. The third kappa shape index (κ3) is 3.57. The Bertz CT molecular complexity index is 529. The zero-order chi connectivity index (χ0) is 16.1. The van der Waals surface area contributed by atoms with E-state index in [1.54, 1.807) is 12.1 Å². The SMILES string of the molecule is COCC(=O)N1CCN(c2ccc(C(=O)OC)cc2)C[C@H]1C. The summed E-state index contributed by atoms with van der Waals surface area (Å²) in [4.78, 5) is 27.4. The number of piperazine rings is 1. The zero-order valence-electron chi connectivity index (χ0n) is 13.2. The predicted octanol–water partition coefficient (Wildman–Crippen LogP) is 1.16. The molecule has 1 atom stereocenters. The molecule has 1 aliphatic heterocycles. The van der Waals surface area contributed by atoms with Gasteiger partial charge in [-0.2, -0.15) is 0 Å². The van der Waals surface area contributed by atoms with Crippen LogP contribution in [-0.2, 0) is 14.3 Å². The molecule has 0 aromatic heterocycles. The molecular formula is C16H22N2O4. The predicted molar refractivity (Wildman–Crippen MR) is 83.0 cm³/mol. The van der Waals surface area contributed by atoms with Gasteiger partial charge in [-0.05, 0) is 31.2 Å². The maximum Gasteiger partial charge on any atom is 0.337 e. The van der Waals surface area contributed by atoms with Gasteiger partial charge in [-0.1, -0.05) is 0 Å². The van der Waals surface area contributed by atoms with Crippen molar-refractivity contribution in [1.82, 2.24) is 4.90 Å². The van der Waals surface area contributed by atoms with Gasteiger partial charge in [0.1, 0.15) is 6.61 Å². The van der Waals surface area contributed by atoms with Crippen LogP contribution in [0.15, 0.2) is 24.3 Å². The second kappa shape index (κ2) is 7.26. The highest BCUT2D eigenvalue weighted by Gasteiger charge is 2.27. The smallest absolute Gasteiger partial charge is 0.337 e. The van der Waals surface area contributed by atoms with Crippen LogP contribution in [0.25, 0.3) is 0 Å². The molecule has 1 amide bonds. The lowest BCUT2D eigenvalue weighted by atomic mass is 10.1. The minimum Gasteiger partial charge on any atom is -0.465 e. The Morgan fingerprint density at radius 1 is 1.18 bits per heavy atom. The van der Waals surface area contributed by atoms with E-state index in [0.29, 0.717) is 12.1 Å². The van der Waals surface area contributed by atoms with Crippen LogP contribution in [-0.4, -0.2) is 63.3 Å². The number of ether oxygens (including phenoxy) is 2. The Hall–Kier alpha value is -2.08. The number of benzene rings is 1. The maximum absolute atomic E-state index is 11.9. The van der Waals surface area contributed by atoms with Crippen LogP contribution in [0.4, 0.5) is 5.69 Å². The van der Waals surface area contributed by atoms with Crippen molar-refractivity contribution in [2.45, 2.75) is 13.0 Å². The number of nitrogens with zero attached hydrogens (tertiary/aromatic N) is 2. The maximum atomic E-state index is 11.9. The first-order valence-electron chi connectivity index (χ1n) is 7.28. The highest BCUT2D eigenvalue weighted by atomic mass is 16.5. The van der Waals surface area contributed by atoms with E-state index in [9.17, 15) is 9.59 Å². The summed E-state index contributed by atoms with van der Waals surface area (Å²) < 4.78 is 9.61. The van der Waals surface area contributed by atoms with Crippen LogP contribution in [0.5, 0.6) is 0 Å². The average Bonchev–Trinajstić information content (AvgIpc) is 2.54. The Morgan fingerprint density at radius 2 is 1.86 bits per heavy atom. The molecule has 0 unspecified atom stereocenters. The van der Waals surface area contributed by atoms with E-state index in [2.05, 4.69) is 4.90 Å². The normalized spacial score (nSPS) is 18.2. The quantitative estimate of drug-likeness (QED) is 0.781. The van der Waals surface area contributed by atoms with E-state index in [-0.39, 0.29) is 24.5 Å². The van der Waals surface area contributed by atoms with Crippen molar-refractivity contribution >= 4 is 17.6 Å². The lowest BCUT2D eigenvalue weighted by Gasteiger charge is -2.41. The van der Waals surface area contributed by atoms with Crippen LogP contribution < -0.4 is 4.90 Å². The molecule has 0 saturated carbocycles. The molecule has 1 aliphatic rings. The van der Waals surface area contributed by atoms with E-state index in [4.69, 9.17) is 9.47 Å². The summed E-state index contributed by atoms with van der Waals surface area (Å²) >= 11 is 0. The molecule has 0 radical (unpaired) electrons. The number of esters is 1. The second-order valence-electron chi connectivity index (χ2n) is 5.35. The van der Waals surface area contributed by atoms with Crippen LogP contribution in [0.3, 0.4) is 0 Å². The molecule has 1 aromatic rings. The van der Waals surface area contributed by atoms with Gasteiger partial charge in [0.15, 0.2) is 0 Å². The summed E-state index contributed by atoms with van der Waals surface area (Å²) in [5.41, 5.74) is 1.58. The molecule has 1 heterocycles. The van der Waals surface area contributed by atoms with E-state index in [1.165, 1.54) is 14.2 Å². The fourth-order valence-corrected chi connectivity index (χ4v) is 2.70. The highest BCUT2D eigenvalue weighted by molar-refractivity contribution is 5.89. The zero-order valence-corrected chi connectivity index (χ0v) is 13.2. The third-order valence-electron chi connectivity index (χ3n) is 3.87. The molecule has 6 nitrogen and oxygen atoms in total. The van der Waals surface area contributed by atoms with Gasteiger partial charge < -0.3 is 19.3 Å². The molecule has 0 aliphatic carbocycles. The van der Waals surface area contributed by atoms with Gasteiger partial charge in [0, 0.05) is 38.5 Å². The van der Waals surface area contributed by atoms with Gasteiger partial charge in [0.05, 0.1) is 12.7 Å². The van der Waals surface area contributed by atoms with Crippen LogP contribution in [0.2, 0.25) is 0 Å². The summed E-state index contributed by atoms with van der Waals surface area (Å²) in [5, 5.41) is 0. The summed E-state index contributed by atoms with van der Waals surface area (Å²) in [7, 11) is 2.90. The molecule has 1 saturated heterocycles. The lowest BCUT2D eigenvalue weighted by molar-refractivity contribution is -0.137. The fourth-order valence-electron chi connectivity index (χ4n) is 2.70. The Kier molecular flexibility index (Phi) is 5.38. The van der Waals surface area contributed by atoms with Gasteiger partial charge >= 0.3 is 5.97 Å². The van der Waals surface area contributed by atoms with Gasteiger partial charge in [-0.3, -0.25) is 4.79 Å². The number of rotatable bonds is 4. The monoisotopic (exact) mass is 306 g/mol. The van der Waals surface area contributed by atoms with Crippen molar-refractivity contribution in [3.63, 3.8) is 0 Å². The van der Waals surface area contributed by atoms with Crippen molar-refractivity contribution in [3.05, 3.63) is 29.8 Å². The standard InChI is InChI=1S/C16H22N2O4/c1-12-10-17(8-9-18(12)15(19)11-21-2)14-6-4-13(5-7-14)16(20)22-3/h4-7,12H,8-11H2,1-3H3/t12-/m1/s1. The van der Waals surface area contributed by atoms with Gasteiger partial charge in [0.2, 0.25) is 5.91 Å². The molecule has 2 rings (SSSR count). The molecule has 1 fully saturated rings. The number of amides is 1. The van der Waals surface area contributed by atoms with Crippen molar-refractivity contribution in [3.8, 4) is 0 Å². The van der Waals surface area contributed by atoms with Gasteiger partial charge in [-0.15, -0.1) is 0 Å². The van der Waals surface area contributed by atoms with Crippen molar-refractivity contribution in [2.24, 2.45) is 0 Å². The molecule has 6 heteroatoms. The van der Waals surface area contributed by atoms with Crippen molar-refractivity contribution in [1.29, 1.82) is 0 Å². The lowest BCUT2D eigenvalue weighted by Crippen LogP contribution is -2.54. The van der Waals surface area contributed by atoms with E-state index < -0.39 is 0 Å². The van der Waals surface area contributed by atoms with E-state index >= 15 is 0 Å². The molecule has 22 heavy (non-hydrogen) atoms. The molecule has 0 spiro atoms. The minimum absolute atomic E-state index is 0.0238. The first kappa shape index (κ1) is 16.3. The van der Waals surface area contributed by atoms with Gasteiger partial charge in [-0.25, -0.2) is 4.79 Å². The highest BCUT2D eigenvalue weighted by Crippen LogP contribution is 2.20. The average molecular weight is 306 g/mol. The second-order valence-corrected chi connectivity index (χ2v) is 5.35. The molecule has 0 bridgehead atoms. The summed E-state index contributed by atoms with van der Waals surface area (Å²) in [6, 6.07) is 7.46. The topological polar surface area (TPSA) is 59.1 Å². The minimum atomic E-state index is -0.338. The number of hydrogen-bond acceptors (Lipinski definition) is 5. The Balaban J connectivity index is 2.01. The summed E-state index contributed by atoms with van der Waals surface area (Å²) in [6.07, 6.45) is 0. The third-order valence-corrected chi connectivity index (χ3v) is 3.87. The Morgan fingerprint density at radius 3 is 2.41 bits per heavy atom. The van der Waals surface area contributed by atoms with Crippen LogP contribution in [0, 0.1) is 0 Å². The van der Waals surface area contributed by atoms with E-state index in [0.717, 1.165) is 18.8 Å². The molecule has 1 aromatic carbocycles.